The van der Waals surface area contributed by atoms with Gasteiger partial charge in [0, 0.05) is 10.8 Å². The predicted octanol–water partition coefficient (Wildman–Crippen LogP) is 4.27. The molecule has 0 unspecified atom stereocenters. The van der Waals surface area contributed by atoms with E-state index in [-0.39, 0.29) is 34.9 Å². The SMILES string of the molecule is C=CCOC(=O)C1=C([C]2[CH][CH][CH][CH]2)S[C@@H]2[C@@H]([C@@H](C)O[Si](C)(C)C(C)(C)C)C(=O)N12. The fraction of sp³-hybridized carbons (Fsp3) is 0.500. The van der Waals surface area contributed by atoms with Crippen LogP contribution >= 0.6 is 11.8 Å². The molecule has 2 heterocycles. The standard InChI is InChI=1S/C22H30NO4SSi/c1-8-13-26-21(25)17-18(15-11-9-10-12-15)28-20-16(19(24)23(17)20)14(2)27-29(6,7)22(3,4)5/h8-12,14,16,20H,1,13H2,2-7H3/t14-,16+,20-/m1/s1. The van der Waals surface area contributed by atoms with E-state index in [1.165, 1.54) is 6.08 Å². The van der Waals surface area contributed by atoms with Crippen LogP contribution < -0.4 is 0 Å². The van der Waals surface area contributed by atoms with Crippen molar-refractivity contribution >= 4 is 32.0 Å². The topological polar surface area (TPSA) is 55.8 Å². The van der Waals surface area contributed by atoms with Gasteiger partial charge in [-0.25, -0.2) is 4.79 Å². The van der Waals surface area contributed by atoms with Gasteiger partial charge in [-0.1, -0.05) is 33.4 Å². The molecule has 0 aromatic heterocycles. The van der Waals surface area contributed by atoms with Crippen molar-refractivity contribution in [1.82, 2.24) is 4.90 Å². The number of β-lactam (4-membered cyclic amide) rings is 1. The number of ether oxygens (including phenoxy) is 1. The smallest absolute Gasteiger partial charge is 0.356 e. The van der Waals surface area contributed by atoms with Crippen molar-refractivity contribution < 1.29 is 18.8 Å². The number of fused-ring (bicyclic) bond motifs is 1. The molecule has 29 heavy (non-hydrogen) atoms. The van der Waals surface area contributed by atoms with Crippen molar-refractivity contribution in [2.75, 3.05) is 6.61 Å². The van der Waals surface area contributed by atoms with Crippen LogP contribution in [0.15, 0.2) is 23.3 Å². The lowest BCUT2D eigenvalue weighted by Gasteiger charge is -2.48. The molecule has 157 valence electrons. The summed E-state index contributed by atoms with van der Waals surface area (Å²) in [6, 6.07) is 0. The van der Waals surface area contributed by atoms with Crippen molar-refractivity contribution in [3.05, 3.63) is 54.9 Å². The fourth-order valence-corrected chi connectivity index (χ4v) is 6.44. The van der Waals surface area contributed by atoms with Gasteiger partial charge in [0.25, 0.3) is 0 Å². The maximum atomic E-state index is 13.1. The van der Waals surface area contributed by atoms with E-state index in [1.54, 1.807) is 16.7 Å². The number of rotatable bonds is 7. The summed E-state index contributed by atoms with van der Waals surface area (Å²) in [5.41, 5.74) is 0.342. The number of carbonyl (C=O) groups excluding carboxylic acids is 2. The third-order valence-corrected chi connectivity index (χ3v) is 12.0. The Kier molecular flexibility index (Phi) is 6.42. The molecule has 1 saturated heterocycles. The molecule has 0 aromatic rings. The minimum absolute atomic E-state index is 0.0644. The number of hydrogen-bond donors (Lipinski definition) is 0. The fourth-order valence-electron chi connectivity index (χ4n) is 3.41. The van der Waals surface area contributed by atoms with E-state index < -0.39 is 14.3 Å². The van der Waals surface area contributed by atoms with Gasteiger partial charge in [-0.05, 0) is 50.7 Å². The van der Waals surface area contributed by atoms with E-state index in [0.29, 0.717) is 5.70 Å². The van der Waals surface area contributed by atoms with Crippen LogP contribution in [0.2, 0.25) is 18.1 Å². The lowest BCUT2D eigenvalue weighted by Crippen LogP contribution is -2.62. The van der Waals surface area contributed by atoms with Crippen molar-refractivity contribution in [1.29, 1.82) is 0 Å². The maximum Gasteiger partial charge on any atom is 0.356 e. The number of amides is 1. The van der Waals surface area contributed by atoms with E-state index in [0.717, 1.165) is 10.8 Å². The van der Waals surface area contributed by atoms with Crippen LogP contribution in [-0.2, 0) is 18.8 Å². The number of hydrogen-bond acceptors (Lipinski definition) is 5. The Hall–Kier alpha value is -1.05. The highest BCUT2D eigenvalue weighted by Gasteiger charge is 2.60. The Labute approximate surface area is 180 Å². The van der Waals surface area contributed by atoms with Crippen molar-refractivity contribution in [2.24, 2.45) is 5.92 Å². The molecule has 0 spiro atoms. The van der Waals surface area contributed by atoms with Crippen LogP contribution in [0.1, 0.15) is 27.7 Å². The Morgan fingerprint density at radius 3 is 2.52 bits per heavy atom. The van der Waals surface area contributed by atoms with Crippen LogP contribution in [0.5, 0.6) is 0 Å². The zero-order valence-corrected chi connectivity index (χ0v) is 19.8. The molecule has 5 nitrogen and oxygen atoms in total. The van der Waals surface area contributed by atoms with Gasteiger partial charge in [-0.15, -0.1) is 11.8 Å². The normalized spacial score (nSPS) is 26.4. The van der Waals surface area contributed by atoms with E-state index in [9.17, 15) is 9.59 Å². The molecule has 2 fully saturated rings. The zero-order valence-electron chi connectivity index (χ0n) is 18.0. The first-order chi connectivity index (χ1) is 13.5. The average molecular weight is 433 g/mol. The summed E-state index contributed by atoms with van der Waals surface area (Å²) in [5, 5.41) is -0.0759. The average Bonchev–Trinajstić information content (AvgIpc) is 3.23. The largest absolute Gasteiger partial charge is 0.457 e. The number of carbonyl (C=O) groups is 2. The van der Waals surface area contributed by atoms with Gasteiger partial charge in [0.05, 0.1) is 12.0 Å². The number of thioether (sulfide) groups is 1. The first-order valence-corrected chi connectivity index (χ1v) is 13.7. The second-order valence-electron chi connectivity index (χ2n) is 9.06. The lowest BCUT2D eigenvalue weighted by molar-refractivity contribution is -0.157. The summed E-state index contributed by atoms with van der Waals surface area (Å²) < 4.78 is 11.8. The highest BCUT2D eigenvalue weighted by molar-refractivity contribution is 8.04. The van der Waals surface area contributed by atoms with Gasteiger partial charge in [-0.3, -0.25) is 9.69 Å². The molecule has 0 aromatic carbocycles. The molecule has 0 N–H and O–H groups in total. The number of allylic oxidation sites excluding steroid dienone is 1. The summed E-state index contributed by atoms with van der Waals surface area (Å²) in [4.78, 5) is 28.2. The molecule has 1 saturated carbocycles. The predicted molar refractivity (Wildman–Crippen MR) is 118 cm³/mol. The molecule has 7 heteroatoms. The molecule has 3 aliphatic rings. The van der Waals surface area contributed by atoms with Crippen LogP contribution in [0.4, 0.5) is 0 Å². The molecule has 3 atom stereocenters. The van der Waals surface area contributed by atoms with Crippen molar-refractivity contribution in [3.63, 3.8) is 0 Å². The molecule has 1 amide bonds. The van der Waals surface area contributed by atoms with Gasteiger partial charge < -0.3 is 9.16 Å². The highest BCUT2D eigenvalue weighted by Crippen LogP contribution is 2.55. The van der Waals surface area contributed by atoms with E-state index in [4.69, 9.17) is 9.16 Å². The minimum Gasteiger partial charge on any atom is -0.457 e. The quantitative estimate of drug-likeness (QED) is 0.260. The second-order valence-corrected chi connectivity index (χ2v) is 14.9. The summed E-state index contributed by atoms with van der Waals surface area (Å²) >= 11 is 1.56. The van der Waals surface area contributed by atoms with Gasteiger partial charge in [0.2, 0.25) is 5.91 Å². The van der Waals surface area contributed by atoms with Gasteiger partial charge in [0.1, 0.15) is 17.7 Å². The first-order valence-electron chi connectivity index (χ1n) is 9.91. The van der Waals surface area contributed by atoms with Gasteiger partial charge in [0.15, 0.2) is 8.32 Å². The van der Waals surface area contributed by atoms with Gasteiger partial charge in [-0.2, -0.15) is 0 Å². The second kappa shape index (κ2) is 8.23. The summed E-state index contributed by atoms with van der Waals surface area (Å²) in [7, 11) is -2.01. The summed E-state index contributed by atoms with van der Waals surface area (Å²) in [6.45, 7) is 16.6. The minimum atomic E-state index is -2.01. The molecular formula is C22H30NO4SSi. The Morgan fingerprint density at radius 2 is 1.97 bits per heavy atom. The van der Waals surface area contributed by atoms with E-state index >= 15 is 0 Å². The number of esters is 1. The first kappa shape index (κ1) is 22.6. The molecule has 0 bridgehead atoms. The third kappa shape index (κ3) is 4.10. The van der Waals surface area contributed by atoms with Gasteiger partial charge >= 0.3 is 5.97 Å². The summed E-state index contributed by atoms with van der Waals surface area (Å²) in [6.07, 6.45) is 9.06. The van der Waals surface area contributed by atoms with E-state index in [1.807, 2.05) is 32.6 Å². The van der Waals surface area contributed by atoms with E-state index in [2.05, 4.69) is 40.4 Å². The van der Waals surface area contributed by atoms with Crippen molar-refractivity contribution in [2.45, 2.75) is 57.3 Å². The molecular weight excluding hydrogens is 402 g/mol. The molecule has 3 rings (SSSR count). The zero-order chi connectivity index (χ0) is 21.6. The molecule has 5 radical (unpaired) electrons. The summed E-state index contributed by atoms with van der Waals surface area (Å²) in [5.74, 6) is 0.102. The molecule has 2 aliphatic heterocycles. The maximum absolute atomic E-state index is 13.1. The van der Waals surface area contributed by atoms with Crippen LogP contribution in [0.25, 0.3) is 0 Å². The Bertz CT molecular complexity index is 721. The molecule has 1 aliphatic carbocycles. The van der Waals surface area contributed by atoms with Crippen LogP contribution in [0.3, 0.4) is 0 Å². The van der Waals surface area contributed by atoms with Crippen LogP contribution in [0, 0.1) is 37.5 Å². The number of nitrogens with zero attached hydrogens (tertiary/aromatic N) is 1. The van der Waals surface area contributed by atoms with Crippen LogP contribution in [-0.4, -0.2) is 43.2 Å². The lowest BCUT2D eigenvalue weighted by atomic mass is 9.91. The Balaban J connectivity index is 1.80. The van der Waals surface area contributed by atoms with Crippen molar-refractivity contribution in [3.8, 4) is 0 Å². The third-order valence-electron chi connectivity index (χ3n) is 6.02. The monoisotopic (exact) mass is 432 g/mol. The Morgan fingerprint density at radius 1 is 1.34 bits per heavy atom. The highest BCUT2D eigenvalue weighted by atomic mass is 32.2.